The number of esters is 3. The molecule has 0 aliphatic carbocycles. The summed E-state index contributed by atoms with van der Waals surface area (Å²) in [7, 11) is 0. The van der Waals surface area contributed by atoms with Crippen LogP contribution in [0, 0.1) is 0 Å². The highest BCUT2D eigenvalue weighted by Gasteiger charge is 2.19. The Kier molecular flexibility index (Phi) is 51.7. The molecule has 0 bridgehead atoms. The minimum absolute atomic E-state index is 0.0717. The van der Waals surface area contributed by atoms with E-state index in [9.17, 15) is 14.4 Å². The molecular weight excluding hydrogens is 793 g/mol. The summed E-state index contributed by atoms with van der Waals surface area (Å²) in [6.45, 7) is 6.66. The molecule has 0 radical (unpaired) electrons. The van der Waals surface area contributed by atoms with Gasteiger partial charge in [0.2, 0.25) is 0 Å². The molecule has 0 spiro atoms. The van der Waals surface area contributed by atoms with Gasteiger partial charge in [0.15, 0.2) is 6.10 Å². The summed E-state index contributed by atoms with van der Waals surface area (Å²) in [5, 5.41) is 0. The first-order valence-corrected chi connectivity index (χ1v) is 28.3. The second-order valence-corrected chi connectivity index (χ2v) is 19.2. The van der Waals surface area contributed by atoms with Crippen molar-refractivity contribution in [3.63, 3.8) is 0 Å². The molecule has 0 rings (SSSR count). The predicted octanol–water partition coefficient (Wildman–Crippen LogP) is 18.7. The molecule has 0 saturated heterocycles. The van der Waals surface area contributed by atoms with E-state index in [1.165, 1.54) is 205 Å². The summed E-state index contributed by atoms with van der Waals surface area (Å²) >= 11 is 0. The van der Waals surface area contributed by atoms with Crippen LogP contribution in [0.25, 0.3) is 0 Å². The molecule has 0 fully saturated rings. The third-order valence-electron chi connectivity index (χ3n) is 12.7. The number of ether oxygens (including phenoxy) is 3. The van der Waals surface area contributed by atoms with Crippen molar-refractivity contribution in [2.24, 2.45) is 0 Å². The Morgan fingerprint density at radius 2 is 0.516 bits per heavy atom. The maximum atomic E-state index is 12.8. The van der Waals surface area contributed by atoms with E-state index in [-0.39, 0.29) is 31.1 Å². The van der Waals surface area contributed by atoms with Crippen LogP contribution in [0.3, 0.4) is 0 Å². The molecular formula is C58H108O6. The molecule has 376 valence electrons. The Labute approximate surface area is 398 Å². The van der Waals surface area contributed by atoms with Gasteiger partial charge in [-0.1, -0.05) is 244 Å². The van der Waals surface area contributed by atoms with Gasteiger partial charge in [0, 0.05) is 19.3 Å². The van der Waals surface area contributed by atoms with Crippen molar-refractivity contribution in [3.8, 4) is 0 Å². The molecule has 0 saturated carbocycles. The van der Waals surface area contributed by atoms with Crippen molar-refractivity contribution < 1.29 is 28.6 Å². The lowest BCUT2D eigenvalue weighted by molar-refractivity contribution is -0.167. The van der Waals surface area contributed by atoms with Crippen molar-refractivity contribution >= 4 is 17.9 Å². The van der Waals surface area contributed by atoms with Crippen molar-refractivity contribution in [3.05, 3.63) is 24.3 Å². The highest BCUT2D eigenvalue weighted by molar-refractivity contribution is 5.71. The monoisotopic (exact) mass is 901 g/mol. The van der Waals surface area contributed by atoms with Gasteiger partial charge in [0.05, 0.1) is 0 Å². The van der Waals surface area contributed by atoms with Crippen LogP contribution in [0.2, 0.25) is 0 Å². The lowest BCUT2D eigenvalue weighted by Crippen LogP contribution is -2.30. The summed E-state index contributed by atoms with van der Waals surface area (Å²) in [5.74, 6) is -0.868. The molecule has 1 atom stereocenters. The van der Waals surface area contributed by atoms with Gasteiger partial charge in [-0.25, -0.2) is 0 Å². The Hall–Kier alpha value is -2.11. The molecule has 0 aromatic heterocycles. The van der Waals surface area contributed by atoms with Gasteiger partial charge in [-0.15, -0.1) is 0 Å². The van der Waals surface area contributed by atoms with Gasteiger partial charge >= 0.3 is 17.9 Å². The van der Waals surface area contributed by atoms with Crippen LogP contribution < -0.4 is 0 Å². The van der Waals surface area contributed by atoms with Gasteiger partial charge in [-0.05, 0) is 70.6 Å². The number of rotatable bonds is 52. The molecule has 0 aliphatic heterocycles. The van der Waals surface area contributed by atoms with Gasteiger partial charge < -0.3 is 14.2 Å². The van der Waals surface area contributed by atoms with Crippen molar-refractivity contribution in [2.75, 3.05) is 13.2 Å². The van der Waals surface area contributed by atoms with Gasteiger partial charge in [-0.3, -0.25) is 14.4 Å². The van der Waals surface area contributed by atoms with E-state index in [1.807, 2.05) is 0 Å². The zero-order valence-corrected chi connectivity index (χ0v) is 43.1. The second kappa shape index (κ2) is 53.5. The number of carbonyl (C=O) groups excluding carboxylic acids is 3. The fourth-order valence-electron chi connectivity index (χ4n) is 8.37. The average molecular weight is 901 g/mol. The maximum absolute atomic E-state index is 12.8. The van der Waals surface area contributed by atoms with Crippen LogP contribution >= 0.6 is 0 Å². The molecule has 6 nitrogen and oxygen atoms in total. The molecule has 1 unspecified atom stereocenters. The van der Waals surface area contributed by atoms with Crippen LogP contribution in [0.4, 0.5) is 0 Å². The number of hydrogen-bond donors (Lipinski definition) is 0. The number of unbranched alkanes of at least 4 members (excludes halogenated alkanes) is 37. The number of hydrogen-bond acceptors (Lipinski definition) is 6. The second-order valence-electron chi connectivity index (χ2n) is 19.2. The van der Waals surface area contributed by atoms with Gasteiger partial charge in [0.1, 0.15) is 13.2 Å². The fraction of sp³-hybridized carbons (Fsp3) is 0.879. The van der Waals surface area contributed by atoms with Crippen molar-refractivity contribution in [1.29, 1.82) is 0 Å². The summed E-state index contributed by atoms with van der Waals surface area (Å²) in [4.78, 5) is 38.1. The van der Waals surface area contributed by atoms with E-state index in [0.717, 1.165) is 64.2 Å². The fourth-order valence-corrected chi connectivity index (χ4v) is 8.37. The van der Waals surface area contributed by atoms with Crippen LogP contribution in [0.15, 0.2) is 24.3 Å². The average Bonchev–Trinajstić information content (AvgIpc) is 3.29. The summed E-state index contributed by atoms with van der Waals surface area (Å²) in [6.07, 6.45) is 61.7. The molecule has 0 aromatic carbocycles. The molecule has 64 heavy (non-hydrogen) atoms. The van der Waals surface area contributed by atoms with Crippen LogP contribution in [0.5, 0.6) is 0 Å². The van der Waals surface area contributed by atoms with Crippen molar-refractivity contribution in [1.82, 2.24) is 0 Å². The van der Waals surface area contributed by atoms with Crippen molar-refractivity contribution in [2.45, 2.75) is 316 Å². The molecule has 0 aromatic rings. The van der Waals surface area contributed by atoms with E-state index in [0.29, 0.717) is 19.3 Å². The Morgan fingerprint density at radius 1 is 0.297 bits per heavy atom. The largest absolute Gasteiger partial charge is 0.462 e. The number of carbonyl (C=O) groups is 3. The third-order valence-corrected chi connectivity index (χ3v) is 12.7. The van der Waals surface area contributed by atoms with E-state index in [2.05, 4.69) is 45.1 Å². The molecule has 0 aliphatic rings. The Bertz CT molecular complexity index is 1040. The molecule has 0 heterocycles. The lowest BCUT2D eigenvalue weighted by atomic mass is 10.1. The van der Waals surface area contributed by atoms with Crippen LogP contribution in [0.1, 0.15) is 310 Å². The molecule has 0 amide bonds. The first kappa shape index (κ1) is 61.9. The summed E-state index contributed by atoms with van der Waals surface area (Å²) < 4.78 is 16.8. The van der Waals surface area contributed by atoms with Gasteiger partial charge in [0.25, 0.3) is 0 Å². The SMILES string of the molecule is CCCCCCCC/C=C\CCCCCCCCCC(=O)OC(COC(=O)CCCCCCC/C=C\CCCCCCCCCCC)COC(=O)CCCCCCCCCCCCC. The minimum atomic E-state index is -0.772. The Balaban J connectivity index is 4.32. The zero-order valence-electron chi connectivity index (χ0n) is 43.1. The van der Waals surface area contributed by atoms with E-state index in [4.69, 9.17) is 14.2 Å². The molecule has 6 heteroatoms. The maximum Gasteiger partial charge on any atom is 0.306 e. The Morgan fingerprint density at radius 3 is 0.781 bits per heavy atom. The predicted molar refractivity (Wildman–Crippen MR) is 275 cm³/mol. The lowest BCUT2D eigenvalue weighted by Gasteiger charge is -2.18. The first-order valence-electron chi connectivity index (χ1n) is 28.3. The standard InChI is InChI=1S/C58H108O6/c1-4-7-10-13-16-19-22-24-26-28-30-31-33-36-39-42-45-48-51-57(60)63-54-55(53-62-56(59)50-47-44-41-38-35-21-18-15-12-9-6-3)64-58(61)52-49-46-43-40-37-34-32-29-27-25-23-20-17-14-11-8-5-2/h25,27,30-31,55H,4-24,26,28-29,32-54H2,1-3H3/b27-25-,31-30-. The number of allylic oxidation sites excluding steroid dienone is 4. The van der Waals surface area contributed by atoms with E-state index in [1.54, 1.807) is 0 Å². The van der Waals surface area contributed by atoms with Gasteiger partial charge in [-0.2, -0.15) is 0 Å². The summed E-state index contributed by atoms with van der Waals surface area (Å²) in [6, 6.07) is 0. The third kappa shape index (κ3) is 50.9. The molecule has 0 N–H and O–H groups in total. The van der Waals surface area contributed by atoms with Crippen LogP contribution in [-0.4, -0.2) is 37.2 Å². The normalized spacial score (nSPS) is 12.1. The minimum Gasteiger partial charge on any atom is -0.462 e. The zero-order chi connectivity index (χ0) is 46.5. The smallest absolute Gasteiger partial charge is 0.306 e. The highest BCUT2D eigenvalue weighted by atomic mass is 16.6. The van der Waals surface area contributed by atoms with E-state index < -0.39 is 6.10 Å². The highest BCUT2D eigenvalue weighted by Crippen LogP contribution is 2.16. The quantitative estimate of drug-likeness (QED) is 0.0262. The first-order chi connectivity index (χ1) is 31.5. The van der Waals surface area contributed by atoms with E-state index >= 15 is 0 Å². The summed E-state index contributed by atoms with van der Waals surface area (Å²) in [5.41, 5.74) is 0. The topological polar surface area (TPSA) is 78.9 Å². The van der Waals surface area contributed by atoms with Crippen LogP contribution in [-0.2, 0) is 28.6 Å².